The molecule has 0 unspecified atom stereocenters. The third-order valence-electron chi connectivity index (χ3n) is 3.94. The summed E-state index contributed by atoms with van der Waals surface area (Å²) >= 11 is 7.21. The first-order chi connectivity index (χ1) is 13.2. The van der Waals surface area contributed by atoms with E-state index in [0.29, 0.717) is 21.3 Å². The minimum Gasteiger partial charge on any atom is -0.431 e. The van der Waals surface area contributed by atoms with Gasteiger partial charge in [0.15, 0.2) is 5.58 Å². The number of nitrogens with zero attached hydrogens (tertiary/aromatic N) is 1. The number of rotatable bonds is 5. The molecule has 0 radical (unpaired) electrons. The van der Waals surface area contributed by atoms with Gasteiger partial charge in [0, 0.05) is 16.3 Å². The number of hydrogen-bond acceptors (Lipinski definition) is 4. The van der Waals surface area contributed by atoms with Gasteiger partial charge in [0.1, 0.15) is 5.52 Å². The summed E-state index contributed by atoms with van der Waals surface area (Å²) in [6.45, 7) is 0. The molecule has 134 valence electrons. The molecule has 0 saturated carbocycles. The zero-order valence-electron chi connectivity index (χ0n) is 14.2. The topological polar surface area (TPSA) is 55.1 Å². The predicted molar refractivity (Wildman–Crippen MR) is 110 cm³/mol. The lowest BCUT2D eigenvalue weighted by Gasteiger charge is -2.10. The maximum absolute atomic E-state index is 12.4. The van der Waals surface area contributed by atoms with Crippen LogP contribution in [-0.2, 0) is 4.79 Å². The number of nitrogens with one attached hydrogen (secondary N) is 1. The van der Waals surface area contributed by atoms with E-state index in [1.807, 2.05) is 54.6 Å². The summed E-state index contributed by atoms with van der Waals surface area (Å²) in [7, 11) is 0. The van der Waals surface area contributed by atoms with Gasteiger partial charge in [0.2, 0.25) is 5.91 Å². The lowest BCUT2D eigenvalue weighted by Crippen LogP contribution is -2.14. The largest absolute Gasteiger partial charge is 0.431 e. The lowest BCUT2D eigenvalue weighted by atomic mass is 10.0. The molecule has 0 aliphatic rings. The van der Waals surface area contributed by atoms with Crippen LogP contribution in [0, 0.1) is 0 Å². The first-order valence-corrected chi connectivity index (χ1v) is 9.68. The molecular weight excluding hydrogens is 380 g/mol. The monoisotopic (exact) mass is 394 g/mol. The number of benzene rings is 3. The number of anilines is 1. The van der Waals surface area contributed by atoms with Crippen LogP contribution in [0.5, 0.6) is 0 Å². The van der Waals surface area contributed by atoms with Crippen LogP contribution in [0.15, 0.2) is 82.4 Å². The number of halogens is 1. The van der Waals surface area contributed by atoms with E-state index in [4.69, 9.17) is 16.0 Å². The number of carbonyl (C=O) groups is 1. The molecule has 0 fully saturated rings. The van der Waals surface area contributed by atoms with E-state index in [0.717, 1.165) is 16.8 Å². The molecule has 1 N–H and O–H groups in total. The average Bonchev–Trinajstić information content (AvgIpc) is 3.09. The molecule has 4 aromatic rings. The molecular formula is C21H15ClN2O2S. The van der Waals surface area contributed by atoms with Crippen LogP contribution in [0.3, 0.4) is 0 Å². The molecule has 4 nitrogen and oxygen atoms in total. The Morgan fingerprint density at radius 1 is 1.04 bits per heavy atom. The molecule has 0 spiro atoms. The second-order valence-corrected chi connectivity index (χ2v) is 7.20. The number of carbonyl (C=O) groups excluding carboxylic acids is 1. The van der Waals surface area contributed by atoms with E-state index < -0.39 is 0 Å². The van der Waals surface area contributed by atoms with Crippen molar-refractivity contribution in [2.45, 2.75) is 5.22 Å². The molecule has 0 aliphatic heterocycles. The van der Waals surface area contributed by atoms with E-state index in [1.54, 1.807) is 18.2 Å². The van der Waals surface area contributed by atoms with Crippen molar-refractivity contribution in [1.82, 2.24) is 4.98 Å². The summed E-state index contributed by atoms with van der Waals surface area (Å²) in [6, 6.07) is 22.9. The van der Waals surface area contributed by atoms with Crippen molar-refractivity contribution < 1.29 is 9.21 Å². The maximum Gasteiger partial charge on any atom is 0.257 e. The van der Waals surface area contributed by atoms with Crippen molar-refractivity contribution in [2.24, 2.45) is 0 Å². The van der Waals surface area contributed by atoms with E-state index in [1.165, 1.54) is 11.8 Å². The summed E-state index contributed by atoms with van der Waals surface area (Å²) in [4.78, 5) is 16.8. The number of thioether (sulfide) groups is 1. The van der Waals surface area contributed by atoms with Gasteiger partial charge in [-0.05, 0) is 29.8 Å². The lowest BCUT2D eigenvalue weighted by molar-refractivity contribution is -0.113. The molecule has 0 saturated heterocycles. The summed E-state index contributed by atoms with van der Waals surface area (Å²) in [6.07, 6.45) is 0. The zero-order valence-corrected chi connectivity index (χ0v) is 15.8. The second-order valence-electron chi connectivity index (χ2n) is 5.84. The van der Waals surface area contributed by atoms with Crippen LogP contribution in [0.1, 0.15) is 0 Å². The molecule has 3 aromatic carbocycles. The number of amides is 1. The Hall–Kier alpha value is -2.76. The molecule has 6 heteroatoms. The van der Waals surface area contributed by atoms with Crippen LogP contribution in [0.25, 0.3) is 22.2 Å². The third-order valence-corrected chi connectivity index (χ3v) is 5.01. The SMILES string of the molecule is O=C(CSc1nc2cc(Cl)ccc2o1)Nc1ccccc1-c1ccccc1. The van der Waals surface area contributed by atoms with Gasteiger partial charge < -0.3 is 9.73 Å². The summed E-state index contributed by atoms with van der Waals surface area (Å²) in [5.74, 6) is 0.0765. The normalized spacial score (nSPS) is 10.9. The van der Waals surface area contributed by atoms with Gasteiger partial charge in [-0.2, -0.15) is 0 Å². The van der Waals surface area contributed by atoms with E-state index >= 15 is 0 Å². The highest BCUT2D eigenvalue weighted by Crippen LogP contribution is 2.29. The van der Waals surface area contributed by atoms with Crippen molar-refractivity contribution in [3.05, 3.63) is 77.8 Å². The molecule has 27 heavy (non-hydrogen) atoms. The Morgan fingerprint density at radius 3 is 2.67 bits per heavy atom. The van der Waals surface area contributed by atoms with Gasteiger partial charge in [0.25, 0.3) is 5.22 Å². The molecule has 4 rings (SSSR count). The standard InChI is InChI=1S/C21H15ClN2O2S/c22-15-10-11-19-18(12-15)24-21(26-19)27-13-20(25)23-17-9-5-4-8-16(17)14-6-2-1-3-7-14/h1-12H,13H2,(H,23,25). The fourth-order valence-corrected chi connectivity index (χ4v) is 3.52. The van der Waals surface area contributed by atoms with Gasteiger partial charge in [0.05, 0.1) is 5.75 Å². The quantitative estimate of drug-likeness (QED) is 0.429. The van der Waals surface area contributed by atoms with Gasteiger partial charge in [-0.3, -0.25) is 4.79 Å². The smallest absolute Gasteiger partial charge is 0.257 e. The molecule has 1 amide bonds. The maximum atomic E-state index is 12.4. The van der Waals surface area contributed by atoms with Crippen LogP contribution >= 0.6 is 23.4 Å². The zero-order chi connectivity index (χ0) is 18.6. The fraction of sp³-hybridized carbons (Fsp3) is 0.0476. The highest BCUT2D eigenvalue weighted by Gasteiger charge is 2.12. The van der Waals surface area contributed by atoms with E-state index in [2.05, 4.69) is 10.3 Å². The van der Waals surface area contributed by atoms with E-state index in [-0.39, 0.29) is 11.7 Å². The van der Waals surface area contributed by atoms with Crippen molar-refractivity contribution in [1.29, 1.82) is 0 Å². The van der Waals surface area contributed by atoms with Gasteiger partial charge in [-0.1, -0.05) is 71.9 Å². The molecule has 0 bridgehead atoms. The highest BCUT2D eigenvalue weighted by molar-refractivity contribution is 7.99. The average molecular weight is 395 g/mol. The Kier molecular flexibility index (Phi) is 5.14. The van der Waals surface area contributed by atoms with E-state index in [9.17, 15) is 4.79 Å². The van der Waals surface area contributed by atoms with Crippen LogP contribution in [0.2, 0.25) is 5.02 Å². The molecule has 1 aromatic heterocycles. The molecule has 1 heterocycles. The summed E-state index contributed by atoms with van der Waals surface area (Å²) in [5, 5.41) is 4.01. The van der Waals surface area contributed by atoms with Gasteiger partial charge >= 0.3 is 0 Å². The van der Waals surface area contributed by atoms with Crippen LogP contribution < -0.4 is 5.32 Å². The number of fused-ring (bicyclic) bond motifs is 1. The Balaban J connectivity index is 1.45. The van der Waals surface area contributed by atoms with Crippen molar-refractivity contribution >= 4 is 46.1 Å². The predicted octanol–water partition coefficient (Wildman–Crippen LogP) is 5.88. The third kappa shape index (κ3) is 4.15. The number of oxazole rings is 1. The Morgan fingerprint density at radius 2 is 1.81 bits per heavy atom. The van der Waals surface area contributed by atoms with Crippen LogP contribution in [-0.4, -0.2) is 16.6 Å². The minimum atomic E-state index is -0.122. The van der Waals surface area contributed by atoms with Crippen molar-refractivity contribution in [2.75, 3.05) is 11.1 Å². The first kappa shape index (κ1) is 17.6. The number of hydrogen-bond donors (Lipinski definition) is 1. The summed E-state index contributed by atoms with van der Waals surface area (Å²) < 4.78 is 5.63. The molecule has 0 atom stereocenters. The van der Waals surface area contributed by atoms with Gasteiger partial charge in [-0.25, -0.2) is 4.98 Å². The minimum absolute atomic E-state index is 0.122. The van der Waals surface area contributed by atoms with Crippen molar-refractivity contribution in [3.8, 4) is 11.1 Å². The fourth-order valence-electron chi connectivity index (χ4n) is 2.72. The van der Waals surface area contributed by atoms with Crippen molar-refractivity contribution in [3.63, 3.8) is 0 Å². The number of aromatic nitrogens is 1. The number of para-hydroxylation sites is 1. The first-order valence-electron chi connectivity index (χ1n) is 8.32. The van der Waals surface area contributed by atoms with Crippen LogP contribution in [0.4, 0.5) is 5.69 Å². The Labute approximate surface area is 165 Å². The summed E-state index contributed by atoms with van der Waals surface area (Å²) in [5.41, 5.74) is 4.14. The second kappa shape index (κ2) is 7.86. The Bertz CT molecular complexity index is 1100. The highest BCUT2D eigenvalue weighted by atomic mass is 35.5. The molecule has 0 aliphatic carbocycles. The van der Waals surface area contributed by atoms with Gasteiger partial charge in [-0.15, -0.1) is 0 Å².